The van der Waals surface area contributed by atoms with Gasteiger partial charge in [0.1, 0.15) is 4.90 Å². The second-order valence-corrected chi connectivity index (χ2v) is 6.86. The number of likely N-dealkylation sites (N-methyl/N-ethyl adjacent to an activating group) is 1. The van der Waals surface area contributed by atoms with Gasteiger partial charge in [-0.3, -0.25) is 0 Å². The molecular formula is C12H19ClN2O3S. The van der Waals surface area contributed by atoms with Gasteiger partial charge >= 0.3 is 0 Å². The summed E-state index contributed by atoms with van der Waals surface area (Å²) in [5.41, 5.74) is 5.97. The summed E-state index contributed by atoms with van der Waals surface area (Å²) in [5.74, 6) is 0. The third kappa shape index (κ3) is 4.35. The molecule has 0 aliphatic heterocycles. The van der Waals surface area contributed by atoms with Crippen LogP contribution >= 0.6 is 11.6 Å². The molecule has 0 aromatic heterocycles. The van der Waals surface area contributed by atoms with Crippen molar-refractivity contribution in [3.05, 3.63) is 23.2 Å². The maximum absolute atomic E-state index is 12.3. The van der Waals surface area contributed by atoms with Gasteiger partial charge in [-0.25, -0.2) is 8.42 Å². The summed E-state index contributed by atoms with van der Waals surface area (Å²) in [6.45, 7) is 4.39. The zero-order chi connectivity index (χ0) is 14.6. The van der Waals surface area contributed by atoms with Crippen LogP contribution in [0.3, 0.4) is 0 Å². The summed E-state index contributed by atoms with van der Waals surface area (Å²) in [4.78, 5) is 0.0513. The number of nitrogen functional groups attached to an aromatic ring is 1. The van der Waals surface area contributed by atoms with Gasteiger partial charge in [0.25, 0.3) is 0 Å². The maximum atomic E-state index is 12.3. The van der Waals surface area contributed by atoms with Crippen LogP contribution in [-0.2, 0) is 14.8 Å². The van der Waals surface area contributed by atoms with E-state index >= 15 is 0 Å². The van der Waals surface area contributed by atoms with Gasteiger partial charge in [0.05, 0.1) is 17.7 Å². The zero-order valence-corrected chi connectivity index (χ0v) is 12.8. The van der Waals surface area contributed by atoms with Crippen molar-refractivity contribution in [3.8, 4) is 0 Å². The Morgan fingerprint density at radius 1 is 1.42 bits per heavy atom. The second-order valence-electron chi connectivity index (χ2n) is 4.44. The molecule has 2 N–H and O–H groups in total. The lowest BCUT2D eigenvalue weighted by atomic mass is 10.3. The molecule has 0 atom stereocenters. The third-order valence-corrected chi connectivity index (χ3v) is 4.84. The van der Waals surface area contributed by atoms with E-state index in [0.717, 1.165) is 0 Å². The largest absolute Gasteiger partial charge is 0.399 e. The van der Waals surface area contributed by atoms with E-state index in [0.29, 0.717) is 12.3 Å². The van der Waals surface area contributed by atoms with Gasteiger partial charge in [-0.15, -0.1) is 0 Å². The standard InChI is InChI=1S/C12H19ClN2O3S/c1-9(2)18-7-6-15(3)19(16,17)12-5-4-10(14)8-11(12)13/h4-5,8-9H,6-7,14H2,1-3H3. The molecule has 0 aliphatic rings. The molecule has 108 valence electrons. The summed E-state index contributed by atoms with van der Waals surface area (Å²) in [6, 6.07) is 4.34. The Kier molecular flexibility index (Phi) is 5.61. The molecule has 0 amide bonds. The maximum Gasteiger partial charge on any atom is 0.244 e. The molecule has 1 rings (SSSR count). The smallest absolute Gasteiger partial charge is 0.244 e. The predicted octanol–water partition coefficient (Wildman–Crippen LogP) is 1.97. The molecule has 5 nitrogen and oxygen atoms in total. The number of benzene rings is 1. The predicted molar refractivity (Wildman–Crippen MR) is 76.8 cm³/mol. The van der Waals surface area contributed by atoms with Gasteiger partial charge in [-0.1, -0.05) is 11.6 Å². The Morgan fingerprint density at radius 2 is 2.05 bits per heavy atom. The molecule has 0 fully saturated rings. The monoisotopic (exact) mass is 306 g/mol. The molecule has 0 spiro atoms. The molecule has 0 bridgehead atoms. The molecule has 0 heterocycles. The van der Waals surface area contributed by atoms with Crippen LogP contribution in [0.15, 0.2) is 23.1 Å². The molecule has 1 aromatic rings. The van der Waals surface area contributed by atoms with Gasteiger partial charge in [0.15, 0.2) is 0 Å². The van der Waals surface area contributed by atoms with E-state index in [2.05, 4.69) is 0 Å². The number of hydrogen-bond donors (Lipinski definition) is 1. The minimum atomic E-state index is -3.62. The number of ether oxygens (including phenoxy) is 1. The van der Waals surface area contributed by atoms with Crippen LogP contribution in [0, 0.1) is 0 Å². The van der Waals surface area contributed by atoms with Gasteiger partial charge in [0, 0.05) is 19.3 Å². The highest BCUT2D eigenvalue weighted by Crippen LogP contribution is 2.25. The van der Waals surface area contributed by atoms with Gasteiger partial charge < -0.3 is 10.5 Å². The van der Waals surface area contributed by atoms with Crippen molar-refractivity contribution >= 4 is 27.3 Å². The summed E-state index contributed by atoms with van der Waals surface area (Å²) in [7, 11) is -2.13. The summed E-state index contributed by atoms with van der Waals surface area (Å²) >= 11 is 5.93. The third-order valence-electron chi connectivity index (χ3n) is 2.50. The van der Waals surface area contributed by atoms with E-state index in [-0.39, 0.29) is 22.6 Å². The van der Waals surface area contributed by atoms with Gasteiger partial charge in [0.2, 0.25) is 10.0 Å². The average molecular weight is 307 g/mol. The lowest BCUT2D eigenvalue weighted by molar-refractivity contribution is 0.0737. The van der Waals surface area contributed by atoms with E-state index in [4.69, 9.17) is 22.1 Å². The molecule has 0 aliphatic carbocycles. The van der Waals surface area contributed by atoms with E-state index in [9.17, 15) is 8.42 Å². The first-order chi connectivity index (χ1) is 8.75. The number of anilines is 1. The van der Waals surface area contributed by atoms with Crippen molar-refractivity contribution in [2.75, 3.05) is 25.9 Å². The van der Waals surface area contributed by atoms with Crippen LogP contribution in [0.25, 0.3) is 0 Å². The first-order valence-electron chi connectivity index (χ1n) is 5.88. The minimum Gasteiger partial charge on any atom is -0.399 e. The molecule has 0 unspecified atom stereocenters. The zero-order valence-electron chi connectivity index (χ0n) is 11.3. The van der Waals surface area contributed by atoms with Crippen molar-refractivity contribution in [2.24, 2.45) is 0 Å². The summed E-state index contributed by atoms with van der Waals surface area (Å²) < 4.78 is 31.1. The number of nitrogens with zero attached hydrogens (tertiary/aromatic N) is 1. The first kappa shape index (κ1) is 16.2. The normalized spacial score (nSPS) is 12.3. The number of rotatable bonds is 6. The van der Waals surface area contributed by atoms with Crippen LogP contribution in [0.1, 0.15) is 13.8 Å². The van der Waals surface area contributed by atoms with Crippen molar-refractivity contribution < 1.29 is 13.2 Å². The minimum absolute atomic E-state index is 0.0513. The Morgan fingerprint density at radius 3 is 2.58 bits per heavy atom. The van der Waals surface area contributed by atoms with Crippen LogP contribution in [0.5, 0.6) is 0 Å². The number of nitrogens with two attached hydrogens (primary N) is 1. The fourth-order valence-corrected chi connectivity index (χ4v) is 3.11. The van der Waals surface area contributed by atoms with Crippen LogP contribution < -0.4 is 5.73 Å². The summed E-state index contributed by atoms with van der Waals surface area (Å²) in [6.07, 6.45) is 0.0659. The second kappa shape index (κ2) is 6.56. The Labute approximate surface area is 119 Å². The Balaban J connectivity index is 2.85. The molecule has 19 heavy (non-hydrogen) atoms. The van der Waals surface area contributed by atoms with Crippen LogP contribution in [0.4, 0.5) is 5.69 Å². The molecule has 0 radical (unpaired) electrons. The summed E-state index contributed by atoms with van der Waals surface area (Å²) in [5, 5.41) is 0.122. The van der Waals surface area contributed by atoms with Crippen LogP contribution in [0.2, 0.25) is 5.02 Å². The Bertz CT molecular complexity index is 532. The van der Waals surface area contributed by atoms with Crippen molar-refractivity contribution in [1.82, 2.24) is 4.31 Å². The van der Waals surface area contributed by atoms with Crippen molar-refractivity contribution in [3.63, 3.8) is 0 Å². The number of halogens is 1. The SMILES string of the molecule is CC(C)OCCN(C)S(=O)(=O)c1ccc(N)cc1Cl. The molecule has 1 aromatic carbocycles. The number of sulfonamides is 1. The highest BCUT2D eigenvalue weighted by molar-refractivity contribution is 7.89. The van der Waals surface area contributed by atoms with Crippen molar-refractivity contribution in [1.29, 1.82) is 0 Å². The van der Waals surface area contributed by atoms with Crippen molar-refractivity contribution in [2.45, 2.75) is 24.8 Å². The fraction of sp³-hybridized carbons (Fsp3) is 0.500. The van der Waals surface area contributed by atoms with E-state index in [1.807, 2.05) is 13.8 Å². The quantitative estimate of drug-likeness (QED) is 0.816. The molecule has 7 heteroatoms. The highest BCUT2D eigenvalue weighted by atomic mass is 35.5. The van der Waals surface area contributed by atoms with Gasteiger partial charge in [-0.05, 0) is 32.0 Å². The topological polar surface area (TPSA) is 72.6 Å². The van der Waals surface area contributed by atoms with E-state index < -0.39 is 10.0 Å². The number of hydrogen-bond acceptors (Lipinski definition) is 4. The Hall–Kier alpha value is -0.820. The van der Waals surface area contributed by atoms with Gasteiger partial charge in [-0.2, -0.15) is 4.31 Å². The first-order valence-corrected chi connectivity index (χ1v) is 7.70. The lowest BCUT2D eigenvalue weighted by Crippen LogP contribution is -2.31. The average Bonchev–Trinajstić information content (AvgIpc) is 2.27. The highest BCUT2D eigenvalue weighted by Gasteiger charge is 2.23. The van der Waals surface area contributed by atoms with E-state index in [1.165, 1.54) is 29.6 Å². The van der Waals surface area contributed by atoms with Crippen LogP contribution in [-0.4, -0.2) is 39.0 Å². The lowest BCUT2D eigenvalue weighted by Gasteiger charge is -2.18. The van der Waals surface area contributed by atoms with E-state index in [1.54, 1.807) is 0 Å². The molecule has 0 saturated heterocycles. The molecular weight excluding hydrogens is 288 g/mol. The fourth-order valence-electron chi connectivity index (χ4n) is 1.43. The molecule has 0 saturated carbocycles.